The number of nitrogens with zero attached hydrogens (tertiary/aromatic N) is 1. The number of carbonyl (C=O) groups is 3. The summed E-state index contributed by atoms with van der Waals surface area (Å²) in [6, 6.07) is 14.3. The first-order chi connectivity index (χ1) is 26.6. The Balaban J connectivity index is 1.50. The minimum atomic E-state index is -1.07. The molecule has 0 fully saturated rings. The molecule has 0 aliphatic carbocycles. The molecule has 8 nitrogen and oxygen atoms in total. The Morgan fingerprint density at radius 1 is 0.673 bits per heavy atom. The minimum absolute atomic E-state index is 0.0362. The highest BCUT2D eigenvalue weighted by Crippen LogP contribution is 2.19. The standard InChI is InChI=1S/C46H63ClN4O4/c1-5-6-7-8-9-10-11-12-13-14-15-16-17-18-19-20-21-22-23-24-43(52)48-35-37-51(4)38-36-50-45(54)46(2,3)55-42-31-25-39(26-32-42)33-34-49-44(53)40-27-29-41(47)30-28-40/h6-7,9-10,12-13,15-16,18-19,21-22,25-32H,5,8,11,14,17,20,23-24,33-38H2,1-4H3,(H,48,52)(H,49,53)(H,50,54)/b7-6-,10-9-,13-12-,16-15-,19-18-,22-21-. The summed E-state index contributed by atoms with van der Waals surface area (Å²) in [5, 5.41) is 9.43. The fourth-order valence-corrected chi connectivity index (χ4v) is 5.23. The molecule has 0 saturated heterocycles. The second kappa shape index (κ2) is 28.7. The Bertz CT molecular complexity index is 1570. The molecule has 0 unspecified atom stereocenters. The first kappa shape index (κ1) is 46.5. The summed E-state index contributed by atoms with van der Waals surface area (Å²) in [5.41, 5.74) is 0.534. The van der Waals surface area contributed by atoms with Crippen LogP contribution in [0.1, 0.15) is 88.1 Å². The van der Waals surface area contributed by atoms with E-state index >= 15 is 0 Å². The highest BCUT2D eigenvalue weighted by Gasteiger charge is 2.29. The number of rotatable bonds is 27. The van der Waals surface area contributed by atoms with E-state index in [0.717, 1.165) is 44.1 Å². The van der Waals surface area contributed by atoms with Gasteiger partial charge in [-0.15, -0.1) is 0 Å². The molecular formula is C46H63ClN4O4. The van der Waals surface area contributed by atoms with Crippen molar-refractivity contribution in [3.05, 3.63) is 138 Å². The van der Waals surface area contributed by atoms with E-state index in [1.807, 2.05) is 31.3 Å². The molecule has 3 N–H and O–H groups in total. The molecule has 0 radical (unpaired) electrons. The lowest BCUT2D eigenvalue weighted by Crippen LogP contribution is -2.48. The van der Waals surface area contributed by atoms with Crippen LogP contribution in [0.5, 0.6) is 5.75 Å². The van der Waals surface area contributed by atoms with Gasteiger partial charge >= 0.3 is 0 Å². The van der Waals surface area contributed by atoms with Crippen LogP contribution >= 0.6 is 11.6 Å². The van der Waals surface area contributed by atoms with Crippen molar-refractivity contribution in [2.24, 2.45) is 0 Å². The van der Waals surface area contributed by atoms with Gasteiger partial charge in [-0.2, -0.15) is 0 Å². The van der Waals surface area contributed by atoms with Gasteiger partial charge in [0.25, 0.3) is 11.8 Å². The summed E-state index contributed by atoms with van der Waals surface area (Å²) in [5.74, 6) is 0.264. The Kier molecular flexibility index (Phi) is 24.3. The van der Waals surface area contributed by atoms with E-state index in [0.29, 0.717) is 68.3 Å². The highest BCUT2D eigenvalue weighted by molar-refractivity contribution is 6.30. The lowest BCUT2D eigenvalue weighted by Gasteiger charge is -2.26. The van der Waals surface area contributed by atoms with E-state index in [4.69, 9.17) is 16.3 Å². The third kappa shape index (κ3) is 23.0. The van der Waals surface area contributed by atoms with Gasteiger partial charge in [-0.3, -0.25) is 14.4 Å². The number of nitrogens with one attached hydrogen (secondary N) is 3. The zero-order chi connectivity index (χ0) is 40.0. The second-order valence-electron chi connectivity index (χ2n) is 13.6. The van der Waals surface area contributed by atoms with Crippen LogP contribution in [0.3, 0.4) is 0 Å². The Morgan fingerprint density at radius 3 is 1.73 bits per heavy atom. The number of allylic oxidation sites excluding steroid dienone is 12. The highest BCUT2D eigenvalue weighted by atomic mass is 35.5. The van der Waals surface area contributed by atoms with E-state index in [1.54, 1.807) is 38.1 Å². The van der Waals surface area contributed by atoms with Gasteiger partial charge < -0.3 is 25.6 Å². The number of likely N-dealkylation sites (N-methyl/N-ethyl adjacent to an activating group) is 1. The monoisotopic (exact) mass is 770 g/mol. The number of benzene rings is 2. The van der Waals surface area contributed by atoms with Crippen LogP contribution in [-0.4, -0.2) is 68.0 Å². The van der Waals surface area contributed by atoms with Gasteiger partial charge in [-0.1, -0.05) is 104 Å². The molecule has 0 aliphatic heterocycles. The third-order valence-corrected chi connectivity index (χ3v) is 8.63. The zero-order valence-electron chi connectivity index (χ0n) is 33.4. The van der Waals surface area contributed by atoms with Gasteiger partial charge in [0, 0.05) is 49.7 Å². The van der Waals surface area contributed by atoms with E-state index in [-0.39, 0.29) is 17.7 Å². The van der Waals surface area contributed by atoms with Crippen molar-refractivity contribution in [3.8, 4) is 5.75 Å². The van der Waals surface area contributed by atoms with Crippen molar-refractivity contribution in [2.45, 2.75) is 84.2 Å². The molecule has 0 bridgehead atoms. The molecule has 3 amide bonds. The maximum absolute atomic E-state index is 12.9. The molecule has 0 spiro atoms. The van der Waals surface area contributed by atoms with Crippen molar-refractivity contribution in [2.75, 3.05) is 39.8 Å². The predicted octanol–water partition coefficient (Wildman–Crippen LogP) is 9.11. The lowest BCUT2D eigenvalue weighted by atomic mass is 10.1. The van der Waals surface area contributed by atoms with Crippen molar-refractivity contribution < 1.29 is 19.1 Å². The number of carbonyl (C=O) groups excluding carboxylic acids is 3. The minimum Gasteiger partial charge on any atom is -0.478 e. The average Bonchev–Trinajstić information content (AvgIpc) is 3.16. The predicted molar refractivity (Wildman–Crippen MR) is 230 cm³/mol. The van der Waals surface area contributed by atoms with Crippen molar-refractivity contribution >= 4 is 29.3 Å². The quantitative estimate of drug-likeness (QED) is 0.0788. The number of amides is 3. The van der Waals surface area contributed by atoms with Crippen LogP contribution in [0.2, 0.25) is 5.02 Å². The summed E-state index contributed by atoms with van der Waals surface area (Å²) >= 11 is 5.89. The number of ether oxygens (including phenoxy) is 1. The van der Waals surface area contributed by atoms with Gasteiger partial charge in [0.05, 0.1) is 0 Å². The molecule has 0 atom stereocenters. The smallest absolute Gasteiger partial charge is 0.263 e. The Labute approximate surface area is 335 Å². The van der Waals surface area contributed by atoms with Crippen molar-refractivity contribution in [3.63, 3.8) is 0 Å². The molecule has 298 valence electrons. The van der Waals surface area contributed by atoms with Crippen LogP contribution < -0.4 is 20.7 Å². The first-order valence-corrected chi connectivity index (χ1v) is 19.9. The molecule has 2 aromatic rings. The van der Waals surface area contributed by atoms with E-state index in [2.05, 4.69) is 101 Å². The normalized spacial score (nSPS) is 12.3. The Hall–Kier alpha value is -4.66. The third-order valence-electron chi connectivity index (χ3n) is 8.38. The first-order valence-electron chi connectivity index (χ1n) is 19.6. The van der Waals surface area contributed by atoms with Crippen molar-refractivity contribution in [1.82, 2.24) is 20.9 Å². The van der Waals surface area contributed by atoms with Crippen LogP contribution in [0.25, 0.3) is 0 Å². The van der Waals surface area contributed by atoms with Crippen LogP contribution in [0.4, 0.5) is 0 Å². The van der Waals surface area contributed by atoms with Gasteiger partial charge in [0.15, 0.2) is 5.60 Å². The fraction of sp³-hybridized carbons (Fsp3) is 0.413. The molecule has 55 heavy (non-hydrogen) atoms. The molecule has 0 aliphatic rings. The Morgan fingerprint density at radius 2 is 1.18 bits per heavy atom. The number of hydrogen-bond donors (Lipinski definition) is 3. The van der Waals surface area contributed by atoms with E-state index in [9.17, 15) is 14.4 Å². The topological polar surface area (TPSA) is 99.8 Å². The summed E-state index contributed by atoms with van der Waals surface area (Å²) in [4.78, 5) is 39.5. The van der Waals surface area contributed by atoms with Crippen LogP contribution in [0.15, 0.2) is 121 Å². The lowest BCUT2D eigenvalue weighted by molar-refractivity contribution is -0.134. The summed E-state index contributed by atoms with van der Waals surface area (Å²) in [6.45, 7) is 8.44. The molecule has 2 aromatic carbocycles. The van der Waals surface area contributed by atoms with E-state index in [1.165, 1.54) is 0 Å². The average molecular weight is 771 g/mol. The SMILES string of the molecule is CC/C=C\C/C=C\C/C=C\C/C=C\C/C=C\C/C=C\CCC(=O)NCCN(C)CCNC(=O)C(C)(C)Oc1ccc(CCNC(=O)c2ccc(Cl)cc2)cc1. The number of halogens is 1. The summed E-state index contributed by atoms with van der Waals surface area (Å²) in [6.07, 6.45) is 33.7. The summed E-state index contributed by atoms with van der Waals surface area (Å²) in [7, 11) is 1.96. The van der Waals surface area contributed by atoms with Gasteiger partial charge in [0.1, 0.15) is 5.75 Å². The fourth-order valence-electron chi connectivity index (χ4n) is 5.10. The van der Waals surface area contributed by atoms with Gasteiger partial charge in [0.2, 0.25) is 5.91 Å². The van der Waals surface area contributed by atoms with Crippen LogP contribution in [0, 0.1) is 0 Å². The van der Waals surface area contributed by atoms with E-state index < -0.39 is 5.60 Å². The number of hydrogen-bond acceptors (Lipinski definition) is 5. The van der Waals surface area contributed by atoms with Gasteiger partial charge in [-0.25, -0.2) is 0 Å². The van der Waals surface area contributed by atoms with Gasteiger partial charge in [-0.05, 0) is 114 Å². The molecule has 0 heterocycles. The van der Waals surface area contributed by atoms with Crippen molar-refractivity contribution in [1.29, 1.82) is 0 Å². The van der Waals surface area contributed by atoms with Crippen LogP contribution in [-0.2, 0) is 16.0 Å². The summed E-state index contributed by atoms with van der Waals surface area (Å²) < 4.78 is 6.01. The maximum Gasteiger partial charge on any atom is 0.263 e. The largest absolute Gasteiger partial charge is 0.478 e. The molecule has 9 heteroatoms. The second-order valence-corrected chi connectivity index (χ2v) is 14.1. The molecule has 0 aromatic heterocycles. The molecule has 0 saturated carbocycles. The maximum atomic E-state index is 12.9. The molecular weight excluding hydrogens is 708 g/mol. The zero-order valence-corrected chi connectivity index (χ0v) is 34.2. The molecule has 2 rings (SSSR count).